The Kier molecular flexibility index (Phi) is 2.94. The number of fused-ring (bicyclic) bond motifs is 1. The van der Waals surface area contributed by atoms with Crippen LogP contribution in [0, 0.1) is 0 Å². The highest BCUT2D eigenvalue weighted by Crippen LogP contribution is 2.33. The largest absolute Gasteiger partial charge is 0.507 e. The lowest BCUT2D eigenvalue weighted by atomic mass is 9.93. The molecule has 1 atom stereocenters. The van der Waals surface area contributed by atoms with E-state index < -0.39 is 0 Å². The minimum absolute atomic E-state index is 0.0766. The first-order valence-corrected chi connectivity index (χ1v) is 6.36. The molecule has 2 nitrogen and oxygen atoms in total. The highest BCUT2D eigenvalue weighted by atomic mass is 16.3. The maximum absolute atomic E-state index is 10.2. The molecule has 3 aromatic rings. The first kappa shape index (κ1) is 11.8. The predicted octanol–water partition coefficient (Wildman–Crippen LogP) is 2.88. The van der Waals surface area contributed by atoms with Gasteiger partial charge in [0.2, 0.25) is 0 Å². The van der Waals surface area contributed by atoms with E-state index in [1.54, 1.807) is 6.07 Å². The Labute approximate surface area is 112 Å². The molecule has 4 N–H and O–H groups in total. The quantitative estimate of drug-likeness (QED) is 0.722. The molecule has 19 heavy (non-hydrogen) atoms. The summed E-state index contributed by atoms with van der Waals surface area (Å²) in [6.07, 6.45) is 0. The number of phenolic OH excluding ortho intramolecular Hbond substituents is 1. The number of phenols is 1. The number of rotatable bonds is 2. The van der Waals surface area contributed by atoms with Crippen molar-refractivity contribution in [2.24, 2.45) is 0 Å². The first-order valence-electron chi connectivity index (χ1n) is 6.36. The van der Waals surface area contributed by atoms with E-state index in [1.807, 2.05) is 54.6 Å². The van der Waals surface area contributed by atoms with E-state index in [-0.39, 0.29) is 6.04 Å². The van der Waals surface area contributed by atoms with Gasteiger partial charge < -0.3 is 10.8 Å². The van der Waals surface area contributed by atoms with Crippen molar-refractivity contribution in [3.8, 4) is 5.75 Å². The van der Waals surface area contributed by atoms with Crippen molar-refractivity contribution in [3.05, 3.63) is 77.9 Å². The molecule has 0 spiro atoms. The van der Waals surface area contributed by atoms with Gasteiger partial charge in [0.1, 0.15) is 11.8 Å². The summed E-state index contributed by atoms with van der Waals surface area (Å²) in [4.78, 5) is 0. The van der Waals surface area contributed by atoms with Crippen molar-refractivity contribution < 1.29 is 10.8 Å². The molecule has 0 saturated carbocycles. The van der Waals surface area contributed by atoms with Crippen LogP contribution in [0.4, 0.5) is 0 Å². The number of quaternary nitrogens is 1. The average molecular weight is 250 g/mol. The second-order valence-corrected chi connectivity index (χ2v) is 4.68. The summed E-state index contributed by atoms with van der Waals surface area (Å²) in [5, 5.41) is 12.4. The standard InChI is InChI=1S/C17H15NO/c18-17(13-7-2-1-3-8-13)16-14-9-5-4-6-12(14)10-11-15(16)19/h1-11,17,19H,18H2/p+1. The van der Waals surface area contributed by atoms with Gasteiger partial charge in [0, 0.05) is 5.56 Å². The second kappa shape index (κ2) is 4.75. The Morgan fingerprint density at radius 3 is 2.26 bits per heavy atom. The highest BCUT2D eigenvalue weighted by molar-refractivity contribution is 5.88. The average Bonchev–Trinajstić information content (AvgIpc) is 2.47. The minimum atomic E-state index is -0.0766. The third kappa shape index (κ3) is 2.07. The number of benzene rings is 3. The molecule has 0 amide bonds. The summed E-state index contributed by atoms with van der Waals surface area (Å²) in [6.45, 7) is 0. The Balaban J connectivity index is 2.22. The summed E-state index contributed by atoms with van der Waals surface area (Å²) in [5.74, 6) is 0.308. The second-order valence-electron chi connectivity index (χ2n) is 4.68. The number of aromatic hydroxyl groups is 1. The fourth-order valence-electron chi connectivity index (χ4n) is 2.50. The van der Waals surface area contributed by atoms with Gasteiger partial charge in [-0.1, -0.05) is 60.7 Å². The molecule has 94 valence electrons. The van der Waals surface area contributed by atoms with Crippen molar-refractivity contribution in [3.63, 3.8) is 0 Å². The van der Waals surface area contributed by atoms with E-state index in [4.69, 9.17) is 0 Å². The molecule has 3 aromatic carbocycles. The van der Waals surface area contributed by atoms with Gasteiger partial charge in [-0.2, -0.15) is 0 Å². The monoisotopic (exact) mass is 250 g/mol. The highest BCUT2D eigenvalue weighted by Gasteiger charge is 2.19. The summed E-state index contributed by atoms with van der Waals surface area (Å²) in [7, 11) is 0. The van der Waals surface area contributed by atoms with Crippen molar-refractivity contribution >= 4 is 10.8 Å². The van der Waals surface area contributed by atoms with E-state index in [2.05, 4.69) is 11.8 Å². The molecule has 2 heteroatoms. The van der Waals surface area contributed by atoms with E-state index in [9.17, 15) is 5.11 Å². The van der Waals surface area contributed by atoms with Crippen LogP contribution in [-0.2, 0) is 0 Å². The van der Waals surface area contributed by atoms with Crippen LogP contribution in [0.5, 0.6) is 5.75 Å². The van der Waals surface area contributed by atoms with Gasteiger partial charge in [-0.25, -0.2) is 0 Å². The van der Waals surface area contributed by atoms with Crippen LogP contribution >= 0.6 is 0 Å². The van der Waals surface area contributed by atoms with Crippen LogP contribution in [0.15, 0.2) is 66.7 Å². The Hall–Kier alpha value is -2.32. The topological polar surface area (TPSA) is 47.9 Å². The van der Waals surface area contributed by atoms with Crippen LogP contribution < -0.4 is 5.73 Å². The van der Waals surface area contributed by atoms with E-state index in [0.29, 0.717) is 5.75 Å². The maximum Gasteiger partial charge on any atom is 0.140 e. The van der Waals surface area contributed by atoms with Gasteiger partial charge in [-0.3, -0.25) is 0 Å². The predicted molar refractivity (Wildman–Crippen MR) is 76.8 cm³/mol. The zero-order valence-corrected chi connectivity index (χ0v) is 10.6. The van der Waals surface area contributed by atoms with Gasteiger partial charge in [0.25, 0.3) is 0 Å². The molecule has 0 saturated heterocycles. The molecular formula is C17H16NO+. The van der Waals surface area contributed by atoms with E-state index >= 15 is 0 Å². The van der Waals surface area contributed by atoms with Gasteiger partial charge in [-0.05, 0) is 16.8 Å². The van der Waals surface area contributed by atoms with Crippen molar-refractivity contribution in [1.82, 2.24) is 0 Å². The fraction of sp³-hybridized carbons (Fsp3) is 0.0588. The van der Waals surface area contributed by atoms with Crippen LogP contribution in [0.3, 0.4) is 0 Å². The lowest BCUT2D eigenvalue weighted by molar-refractivity contribution is -0.411. The SMILES string of the molecule is [NH3+]C(c1ccccc1)c1c(O)ccc2ccccc12. The first-order chi connectivity index (χ1) is 9.27. The Bertz CT molecular complexity index is 707. The van der Waals surface area contributed by atoms with Gasteiger partial charge in [0.05, 0.1) is 5.56 Å². The van der Waals surface area contributed by atoms with Crippen molar-refractivity contribution in [2.45, 2.75) is 6.04 Å². The summed E-state index contributed by atoms with van der Waals surface area (Å²) in [5.41, 5.74) is 6.23. The molecular weight excluding hydrogens is 234 g/mol. The summed E-state index contributed by atoms with van der Waals surface area (Å²) >= 11 is 0. The van der Waals surface area contributed by atoms with Crippen LogP contribution in [0.2, 0.25) is 0 Å². The minimum Gasteiger partial charge on any atom is -0.507 e. The lowest BCUT2D eigenvalue weighted by Gasteiger charge is -2.14. The number of hydrogen-bond acceptors (Lipinski definition) is 1. The van der Waals surface area contributed by atoms with Gasteiger partial charge >= 0.3 is 0 Å². The molecule has 3 rings (SSSR count). The van der Waals surface area contributed by atoms with E-state index in [0.717, 1.165) is 21.9 Å². The molecule has 0 bridgehead atoms. The third-order valence-corrected chi connectivity index (χ3v) is 3.50. The van der Waals surface area contributed by atoms with Gasteiger partial charge in [-0.15, -0.1) is 0 Å². The Morgan fingerprint density at radius 1 is 0.789 bits per heavy atom. The van der Waals surface area contributed by atoms with E-state index in [1.165, 1.54) is 0 Å². The van der Waals surface area contributed by atoms with Crippen molar-refractivity contribution in [1.29, 1.82) is 0 Å². The Morgan fingerprint density at radius 2 is 1.47 bits per heavy atom. The maximum atomic E-state index is 10.2. The summed E-state index contributed by atoms with van der Waals surface area (Å²) < 4.78 is 0. The third-order valence-electron chi connectivity index (χ3n) is 3.50. The normalized spacial score (nSPS) is 12.5. The molecule has 0 heterocycles. The number of hydrogen-bond donors (Lipinski definition) is 2. The zero-order chi connectivity index (χ0) is 13.2. The van der Waals surface area contributed by atoms with Crippen LogP contribution in [-0.4, -0.2) is 5.11 Å². The molecule has 0 aliphatic rings. The zero-order valence-electron chi connectivity index (χ0n) is 10.6. The molecule has 0 radical (unpaired) electrons. The molecule has 0 aromatic heterocycles. The molecule has 0 fully saturated rings. The fourth-order valence-corrected chi connectivity index (χ4v) is 2.50. The summed E-state index contributed by atoms with van der Waals surface area (Å²) in [6, 6.07) is 21.7. The lowest BCUT2D eigenvalue weighted by Crippen LogP contribution is -2.54. The molecule has 0 aliphatic carbocycles. The smallest absolute Gasteiger partial charge is 0.140 e. The molecule has 0 aliphatic heterocycles. The van der Waals surface area contributed by atoms with Crippen LogP contribution in [0.1, 0.15) is 17.2 Å². The van der Waals surface area contributed by atoms with Gasteiger partial charge in [0.15, 0.2) is 0 Å². The molecule has 1 unspecified atom stereocenters. The van der Waals surface area contributed by atoms with Crippen LogP contribution in [0.25, 0.3) is 10.8 Å². The van der Waals surface area contributed by atoms with Crippen molar-refractivity contribution in [2.75, 3.05) is 0 Å².